The van der Waals surface area contributed by atoms with Gasteiger partial charge in [-0.1, -0.05) is 19.3 Å². The molecular formula is C14H20O2S. The SMILES string of the molecule is CCCCC#CC(C)(O)CCSc1ccoc1. The first-order chi connectivity index (χ1) is 8.14. The summed E-state index contributed by atoms with van der Waals surface area (Å²) in [5.74, 6) is 6.83. The molecule has 1 rings (SSSR count). The standard InChI is InChI=1S/C14H20O2S/c1-3-4-5-6-8-14(2,15)9-11-17-13-7-10-16-12-13/h7,10,12,15H,3-5,9,11H2,1-2H3. The molecule has 2 nitrogen and oxygen atoms in total. The van der Waals surface area contributed by atoms with Crippen molar-refractivity contribution >= 4 is 11.8 Å². The second-order valence-electron chi connectivity index (χ2n) is 4.24. The van der Waals surface area contributed by atoms with Gasteiger partial charge in [0.05, 0.1) is 6.26 Å². The number of hydrogen-bond acceptors (Lipinski definition) is 3. The van der Waals surface area contributed by atoms with Gasteiger partial charge < -0.3 is 9.52 Å². The van der Waals surface area contributed by atoms with E-state index in [1.165, 1.54) is 0 Å². The molecule has 0 fully saturated rings. The van der Waals surface area contributed by atoms with E-state index in [9.17, 15) is 5.11 Å². The highest BCUT2D eigenvalue weighted by Crippen LogP contribution is 2.21. The Hall–Kier alpha value is -0.850. The van der Waals surface area contributed by atoms with Crippen molar-refractivity contribution in [3.05, 3.63) is 18.6 Å². The molecule has 3 heteroatoms. The molecule has 0 amide bonds. The van der Waals surface area contributed by atoms with Crippen molar-refractivity contribution in [1.29, 1.82) is 0 Å². The van der Waals surface area contributed by atoms with Gasteiger partial charge in [0, 0.05) is 17.1 Å². The van der Waals surface area contributed by atoms with E-state index < -0.39 is 5.60 Å². The van der Waals surface area contributed by atoms with Gasteiger partial charge in [-0.15, -0.1) is 17.7 Å². The Bertz CT molecular complexity index is 357. The summed E-state index contributed by atoms with van der Waals surface area (Å²) in [7, 11) is 0. The first-order valence-electron chi connectivity index (χ1n) is 6.01. The van der Waals surface area contributed by atoms with Gasteiger partial charge in [-0.3, -0.25) is 0 Å². The van der Waals surface area contributed by atoms with E-state index in [0.717, 1.165) is 29.9 Å². The van der Waals surface area contributed by atoms with Crippen molar-refractivity contribution in [3.8, 4) is 11.8 Å². The molecule has 94 valence electrons. The monoisotopic (exact) mass is 252 g/mol. The highest BCUT2D eigenvalue weighted by Gasteiger charge is 2.16. The maximum absolute atomic E-state index is 10.0. The summed E-state index contributed by atoms with van der Waals surface area (Å²) in [6.07, 6.45) is 7.17. The fourth-order valence-electron chi connectivity index (χ4n) is 1.28. The van der Waals surface area contributed by atoms with Gasteiger partial charge in [0.25, 0.3) is 0 Å². The Balaban J connectivity index is 2.25. The second-order valence-corrected chi connectivity index (χ2v) is 5.41. The number of rotatable bonds is 6. The lowest BCUT2D eigenvalue weighted by molar-refractivity contribution is 0.119. The Morgan fingerprint density at radius 3 is 3.00 bits per heavy atom. The molecule has 0 aliphatic carbocycles. The molecule has 1 unspecified atom stereocenters. The van der Waals surface area contributed by atoms with E-state index in [2.05, 4.69) is 18.8 Å². The van der Waals surface area contributed by atoms with E-state index in [4.69, 9.17) is 4.42 Å². The van der Waals surface area contributed by atoms with Gasteiger partial charge in [0.2, 0.25) is 0 Å². The molecule has 1 aromatic rings. The van der Waals surface area contributed by atoms with Crippen LogP contribution < -0.4 is 0 Å². The van der Waals surface area contributed by atoms with Crippen LogP contribution in [-0.4, -0.2) is 16.5 Å². The number of hydrogen-bond donors (Lipinski definition) is 1. The zero-order chi connectivity index (χ0) is 12.6. The third-order valence-corrected chi connectivity index (χ3v) is 3.34. The first kappa shape index (κ1) is 14.2. The summed E-state index contributed by atoms with van der Waals surface area (Å²) >= 11 is 1.68. The molecule has 1 aromatic heterocycles. The molecule has 1 atom stereocenters. The smallest absolute Gasteiger partial charge is 0.123 e. The highest BCUT2D eigenvalue weighted by molar-refractivity contribution is 7.99. The van der Waals surface area contributed by atoms with Gasteiger partial charge in [-0.25, -0.2) is 0 Å². The lowest BCUT2D eigenvalue weighted by Crippen LogP contribution is -2.22. The van der Waals surface area contributed by atoms with Crippen LogP contribution in [0.3, 0.4) is 0 Å². The van der Waals surface area contributed by atoms with Crippen molar-refractivity contribution in [2.75, 3.05) is 5.75 Å². The molecule has 0 aromatic carbocycles. The van der Waals surface area contributed by atoms with Gasteiger partial charge in [-0.05, 0) is 25.8 Å². The minimum atomic E-state index is -0.871. The minimum Gasteiger partial charge on any atom is -0.471 e. The van der Waals surface area contributed by atoms with E-state index >= 15 is 0 Å². The lowest BCUT2D eigenvalue weighted by atomic mass is 10.0. The predicted molar refractivity (Wildman–Crippen MR) is 72.0 cm³/mol. The fourth-order valence-corrected chi connectivity index (χ4v) is 2.29. The van der Waals surface area contributed by atoms with Gasteiger partial charge >= 0.3 is 0 Å². The number of thioether (sulfide) groups is 1. The Labute approximate surface area is 108 Å². The topological polar surface area (TPSA) is 33.4 Å². The molecule has 0 radical (unpaired) electrons. The first-order valence-corrected chi connectivity index (χ1v) is 7.00. The summed E-state index contributed by atoms with van der Waals surface area (Å²) in [4.78, 5) is 1.10. The molecule has 1 heterocycles. The average molecular weight is 252 g/mol. The number of aliphatic hydroxyl groups is 1. The van der Waals surface area contributed by atoms with Crippen molar-refractivity contribution in [2.24, 2.45) is 0 Å². The van der Waals surface area contributed by atoms with E-state index in [0.29, 0.717) is 6.42 Å². The predicted octanol–water partition coefficient (Wildman–Crippen LogP) is 3.71. The molecule has 0 saturated carbocycles. The van der Waals surface area contributed by atoms with Crippen LogP contribution >= 0.6 is 11.8 Å². The third-order valence-electron chi connectivity index (χ3n) is 2.37. The van der Waals surface area contributed by atoms with E-state index in [-0.39, 0.29) is 0 Å². The van der Waals surface area contributed by atoms with Crippen molar-refractivity contribution in [1.82, 2.24) is 0 Å². The zero-order valence-electron chi connectivity index (χ0n) is 10.5. The maximum Gasteiger partial charge on any atom is 0.123 e. The van der Waals surface area contributed by atoms with Crippen molar-refractivity contribution in [3.63, 3.8) is 0 Å². The van der Waals surface area contributed by atoms with Crippen LogP contribution in [-0.2, 0) is 0 Å². The molecular weight excluding hydrogens is 232 g/mol. The van der Waals surface area contributed by atoms with Crippen LogP contribution in [0.4, 0.5) is 0 Å². The summed E-state index contributed by atoms with van der Waals surface area (Å²) in [5.41, 5.74) is -0.871. The normalized spacial score (nSPS) is 13.8. The van der Waals surface area contributed by atoms with Crippen LogP contribution in [0.1, 0.15) is 39.5 Å². The highest BCUT2D eigenvalue weighted by atomic mass is 32.2. The number of unbranched alkanes of at least 4 members (excludes halogenated alkanes) is 2. The Morgan fingerprint density at radius 1 is 1.53 bits per heavy atom. The molecule has 17 heavy (non-hydrogen) atoms. The Morgan fingerprint density at radius 2 is 2.35 bits per heavy atom. The molecule has 1 N–H and O–H groups in total. The lowest BCUT2D eigenvalue weighted by Gasteiger charge is -2.15. The van der Waals surface area contributed by atoms with Crippen molar-refractivity contribution < 1.29 is 9.52 Å². The van der Waals surface area contributed by atoms with E-state index in [1.807, 2.05) is 6.07 Å². The average Bonchev–Trinajstić information content (AvgIpc) is 2.77. The summed E-state index contributed by atoms with van der Waals surface area (Å²) in [6, 6.07) is 1.92. The van der Waals surface area contributed by atoms with E-state index in [1.54, 1.807) is 31.2 Å². The Kier molecular flexibility index (Phi) is 6.25. The molecule has 0 bridgehead atoms. The maximum atomic E-state index is 10.0. The third kappa shape index (κ3) is 6.45. The van der Waals surface area contributed by atoms with Gasteiger partial charge in [-0.2, -0.15) is 0 Å². The zero-order valence-corrected chi connectivity index (χ0v) is 11.3. The fraction of sp³-hybridized carbons (Fsp3) is 0.571. The quantitative estimate of drug-likeness (QED) is 0.476. The van der Waals surface area contributed by atoms with Crippen LogP contribution in [0.2, 0.25) is 0 Å². The molecule has 0 aliphatic heterocycles. The van der Waals surface area contributed by atoms with Crippen LogP contribution in [0, 0.1) is 11.8 Å². The molecule has 0 spiro atoms. The summed E-state index contributed by atoms with van der Waals surface area (Å²) in [6.45, 7) is 3.92. The van der Waals surface area contributed by atoms with Crippen LogP contribution in [0.15, 0.2) is 27.9 Å². The largest absolute Gasteiger partial charge is 0.471 e. The molecule has 0 saturated heterocycles. The van der Waals surface area contributed by atoms with Gasteiger partial charge in [0.15, 0.2) is 0 Å². The summed E-state index contributed by atoms with van der Waals surface area (Å²) in [5, 5.41) is 10.0. The molecule has 0 aliphatic rings. The van der Waals surface area contributed by atoms with Crippen molar-refractivity contribution in [2.45, 2.75) is 50.0 Å². The second kappa shape index (κ2) is 7.47. The van der Waals surface area contributed by atoms with Crippen LogP contribution in [0.25, 0.3) is 0 Å². The minimum absolute atomic E-state index is 0.669. The number of furan rings is 1. The van der Waals surface area contributed by atoms with Crippen LogP contribution in [0.5, 0.6) is 0 Å². The van der Waals surface area contributed by atoms with Gasteiger partial charge in [0.1, 0.15) is 11.9 Å². The summed E-state index contributed by atoms with van der Waals surface area (Å²) < 4.78 is 4.98.